The highest BCUT2D eigenvalue weighted by Gasteiger charge is 2.20. The highest BCUT2D eigenvalue weighted by molar-refractivity contribution is 5.84. The number of aliphatic imine (C=N–C) groups is 1. The fraction of sp³-hybridized carbons (Fsp3) is 0.619. The number of benzene rings is 1. The van der Waals surface area contributed by atoms with Crippen molar-refractivity contribution in [3.8, 4) is 0 Å². The minimum absolute atomic E-state index is 0.0145. The first-order valence-electron chi connectivity index (χ1n) is 10.0. The summed E-state index contributed by atoms with van der Waals surface area (Å²) in [5, 5.41) is 6.85. The highest BCUT2D eigenvalue weighted by atomic mass is 16.2. The van der Waals surface area contributed by atoms with Crippen molar-refractivity contribution in [1.82, 2.24) is 20.4 Å². The highest BCUT2D eigenvalue weighted by Crippen LogP contribution is 2.16. The Balaban J connectivity index is 1.84. The number of hydrogen-bond acceptors (Lipinski definition) is 3. The Bertz CT molecular complexity index is 621. The van der Waals surface area contributed by atoms with Gasteiger partial charge < -0.3 is 15.5 Å². The normalized spacial score (nSPS) is 16.2. The maximum absolute atomic E-state index is 11.8. The molecule has 6 heteroatoms. The van der Waals surface area contributed by atoms with E-state index in [2.05, 4.69) is 58.6 Å². The number of piperidine rings is 1. The number of nitrogens with one attached hydrogen (secondary N) is 2. The van der Waals surface area contributed by atoms with Gasteiger partial charge in [0.15, 0.2) is 5.96 Å². The third-order valence-electron chi connectivity index (χ3n) is 5.00. The molecular formula is C21H35N5O. The predicted octanol–water partition coefficient (Wildman–Crippen LogP) is 1.99. The van der Waals surface area contributed by atoms with Gasteiger partial charge in [-0.25, -0.2) is 4.99 Å². The fourth-order valence-corrected chi connectivity index (χ4v) is 3.14. The Morgan fingerprint density at radius 1 is 1.26 bits per heavy atom. The molecule has 1 heterocycles. The number of nitrogens with zero attached hydrogens (tertiary/aromatic N) is 3. The molecule has 0 unspecified atom stereocenters. The maximum atomic E-state index is 11.8. The van der Waals surface area contributed by atoms with Crippen LogP contribution in [-0.4, -0.2) is 68.0 Å². The summed E-state index contributed by atoms with van der Waals surface area (Å²) in [7, 11) is 3.52. The Labute approximate surface area is 164 Å². The molecule has 27 heavy (non-hydrogen) atoms. The summed E-state index contributed by atoms with van der Waals surface area (Å²) in [5.74, 6) is 0.769. The van der Waals surface area contributed by atoms with E-state index >= 15 is 0 Å². The lowest BCUT2D eigenvalue weighted by atomic mass is 10.0. The molecule has 6 nitrogen and oxygen atoms in total. The van der Waals surface area contributed by atoms with Gasteiger partial charge in [0.05, 0.1) is 0 Å². The Morgan fingerprint density at radius 3 is 2.59 bits per heavy atom. The molecule has 1 aliphatic rings. The standard InChI is InChI=1S/C21H35N5O/c1-5-12-22-21(23-15-20(27)25(3)4)24-19-10-13-26(14-11-19)16-18-9-7-6-8-17(18)2/h6-9,19H,5,10-16H2,1-4H3,(H2,22,23,24). The Morgan fingerprint density at radius 2 is 1.96 bits per heavy atom. The molecule has 150 valence electrons. The van der Waals surface area contributed by atoms with Gasteiger partial charge in [-0.1, -0.05) is 31.2 Å². The number of rotatable bonds is 7. The molecule has 0 radical (unpaired) electrons. The summed E-state index contributed by atoms with van der Waals surface area (Å²) in [4.78, 5) is 20.4. The van der Waals surface area contributed by atoms with Crippen molar-refractivity contribution >= 4 is 11.9 Å². The minimum Gasteiger partial charge on any atom is -0.356 e. The van der Waals surface area contributed by atoms with E-state index in [0.29, 0.717) is 6.04 Å². The van der Waals surface area contributed by atoms with E-state index in [9.17, 15) is 4.79 Å². The van der Waals surface area contributed by atoms with Gasteiger partial charge in [-0.2, -0.15) is 0 Å². The lowest BCUT2D eigenvalue weighted by molar-refractivity contribution is -0.127. The molecule has 0 atom stereocenters. The van der Waals surface area contributed by atoms with Gasteiger partial charge in [0.25, 0.3) is 0 Å². The lowest BCUT2D eigenvalue weighted by Gasteiger charge is -2.33. The van der Waals surface area contributed by atoms with Crippen LogP contribution in [0.4, 0.5) is 0 Å². The van der Waals surface area contributed by atoms with Crippen LogP contribution >= 0.6 is 0 Å². The van der Waals surface area contributed by atoms with Gasteiger partial charge in [0.1, 0.15) is 6.54 Å². The molecule has 1 aliphatic heterocycles. The summed E-state index contributed by atoms with van der Waals surface area (Å²) >= 11 is 0. The Hall–Kier alpha value is -2.08. The number of aryl methyl sites for hydroxylation is 1. The molecule has 0 spiro atoms. The maximum Gasteiger partial charge on any atom is 0.243 e. The SMILES string of the molecule is CCCNC(=NCC(=O)N(C)C)NC1CCN(Cc2ccccc2C)CC1. The molecule has 1 amide bonds. The largest absolute Gasteiger partial charge is 0.356 e. The van der Waals surface area contributed by atoms with Crippen molar-refractivity contribution < 1.29 is 4.79 Å². The summed E-state index contributed by atoms with van der Waals surface area (Å²) < 4.78 is 0. The number of likely N-dealkylation sites (tertiary alicyclic amines) is 1. The van der Waals surface area contributed by atoms with Gasteiger partial charge in [-0.15, -0.1) is 0 Å². The zero-order chi connectivity index (χ0) is 19.6. The van der Waals surface area contributed by atoms with Crippen molar-refractivity contribution in [3.05, 3.63) is 35.4 Å². The van der Waals surface area contributed by atoms with E-state index in [-0.39, 0.29) is 12.5 Å². The average Bonchev–Trinajstić information content (AvgIpc) is 2.66. The average molecular weight is 374 g/mol. The van der Waals surface area contributed by atoms with Crippen LogP contribution < -0.4 is 10.6 Å². The third kappa shape index (κ3) is 7.21. The monoisotopic (exact) mass is 373 g/mol. The quantitative estimate of drug-likeness (QED) is 0.567. The van der Waals surface area contributed by atoms with Gasteiger partial charge in [-0.3, -0.25) is 9.69 Å². The summed E-state index contributed by atoms with van der Waals surface area (Å²) in [5.41, 5.74) is 2.78. The molecule has 1 saturated heterocycles. The second-order valence-electron chi connectivity index (χ2n) is 7.50. The first kappa shape index (κ1) is 21.2. The third-order valence-corrected chi connectivity index (χ3v) is 5.00. The summed E-state index contributed by atoms with van der Waals surface area (Å²) in [6, 6.07) is 9.02. The first-order chi connectivity index (χ1) is 13.0. The van der Waals surface area contributed by atoms with E-state index in [1.165, 1.54) is 11.1 Å². The summed E-state index contributed by atoms with van der Waals surface area (Å²) in [6.07, 6.45) is 3.19. The molecule has 1 fully saturated rings. The van der Waals surface area contributed by atoms with Crippen LogP contribution in [-0.2, 0) is 11.3 Å². The second-order valence-corrected chi connectivity index (χ2v) is 7.50. The molecule has 2 rings (SSSR count). The van der Waals surface area contributed by atoms with Crippen molar-refractivity contribution in [2.75, 3.05) is 40.3 Å². The Kier molecular flexibility index (Phi) is 8.58. The van der Waals surface area contributed by atoms with Crippen molar-refractivity contribution in [1.29, 1.82) is 0 Å². The number of likely N-dealkylation sites (N-methyl/N-ethyl adjacent to an activating group) is 1. The number of amides is 1. The van der Waals surface area contributed by atoms with Crippen molar-refractivity contribution in [2.45, 2.75) is 45.7 Å². The van der Waals surface area contributed by atoms with Crippen LogP contribution in [0, 0.1) is 6.92 Å². The second kappa shape index (κ2) is 10.9. The number of carbonyl (C=O) groups excluding carboxylic acids is 1. The van der Waals surface area contributed by atoms with Crippen LogP contribution in [0.15, 0.2) is 29.3 Å². The summed E-state index contributed by atoms with van der Waals surface area (Å²) in [6.45, 7) is 8.51. The molecular weight excluding hydrogens is 338 g/mol. The predicted molar refractivity (Wildman–Crippen MR) is 112 cm³/mol. The van der Waals surface area contributed by atoms with Gasteiger partial charge in [0.2, 0.25) is 5.91 Å². The van der Waals surface area contributed by atoms with Crippen LogP contribution in [0.25, 0.3) is 0 Å². The molecule has 0 bridgehead atoms. The van der Waals surface area contributed by atoms with Crippen LogP contribution in [0.1, 0.15) is 37.3 Å². The van der Waals surface area contributed by atoms with Gasteiger partial charge in [-0.05, 0) is 37.3 Å². The van der Waals surface area contributed by atoms with Crippen molar-refractivity contribution in [2.24, 2.45) is 4.99 Å². The molecule has 2 N–H and O–H groups in total. The topological polar surface area (TPSA) is 60.0 Å². The minimum atomic E-state index is 0.0145. The van der Waals surface area contributed by atoms with Crippen LogP contribution in [0.2, 0.25) is 0 Å². The fourth-order valence-electron chi connectivity index (χ4n) is 3.14. The zero-order valence-electron chi connectivity index (χ0n) is 17.3. The smallest absolute Gasteiger partial charge is 0.243 e. The van der Waals surface area contributed by atoms with Crippen LogP contribution in [0.5, 0.6) is 0 Å². The number of carbonyl (C=O) groups is 1. The zero-order valence-corrected chi connectivity index (χ0v) is 17.3. The molecule has 1 aromatic rings. The number of guanidine groups is 1. The van der Waals surface area contributed by atoms with Gasteiger partial charge in [0, 0.05) is 46.3 Å². The molecule has 1 aromatic carbocycles. The van der Waals surface area contributed by atoms with E-state index in [1.54, 1.807) is 19.0 Å². The number of hydrogen-bond donors (Lipinski definition) is 2. The van der Waals surface area contributed by atoms with Crippen LogP contribution in [0.3, 0.4) is 0 Å². The molecule has 0 aromatic heterocycles. The van der Waals surface area contributed by atoms with E-state index in [0.717, 1.165) is 51.4 Å². The van der Waals surface area contributed by atoms with Crippen molar-refractivity contribution in [3.63, 3.8) is 0 Å². The van der Waals surface area contributed by atoms with E-state index in [1.807, 2.05) is 0 Å². The first-order valence-corrected chi connectivity index (χ1v) is 10.0. The van der Waals surface area contributed by atoms with E-state index in [4.69, 9.17) is 0 Å². The molecule has 0 saturated carbocycles. The molecule has 0 aliphatic carbocycles. The van der Waals surface area contributed by atoms with Gasteiger partial charge >= 0.3 is 0 Å². The lowest BCUT2D eigenvalue weighted by Crippen LogP contribution is -2.49. The van der Waals surface area contributed by atoms with E-state index < -0.39 is 0 Å².